The number of aromatic nitrogens is 1. The second kappa shape index (κ2) is 5.43. The summed E-state index contributed by atoms with van der Waals surface area (Å²) in [6, 6.07) is 6.54. The minimum Gasteiger partial charge on any atom is -0.453 e. The molecule has 3 rings (SSSR count). The molecule has 1 N–H and O–H groups in total. The van der Waals surface area contributed by atoms with E-state index < -0.39 is 0 Å². The molecule has 4 heteroatoms. The topological polar surface area (TPSA) is 45.3 Å². The number of benzene rings is 1. The number of hydrogen-bond donors (Lipinski definition) is 1. The lowest BCUT2D eigenvalue weighted by molar-refractivity contribution is 0.112. The summed E-state index contributed by atoms with van der Waals surface area (Å²) in [6.07, 6.45) is 1.76. The van der Waals surface area contributed by atoms with Crippen LogP contribution in [0, 0.1) is 13.8 Å². The molecule has 0 saturated carbocycles. The lowest BCUT2D eigenvalue weighted by Crippen LogP contribution is -2.37. The number of piperidine rings is 1. The van der Waals surface area contributed by atoms with Gasteiger partial charge in [0.05, 0.1) is 7.11 Å². The van der Waals surface area contributed by atoms with E-state index in [9.17, 15) is 4.79 Å². The van der Waals surface area contributed by atoms with E-state index in [1.165, 1.54) is 34.8 Å². The highest BCUT2D eigenvalue weighted by Crippen LogP contribution is 2.33. The molecule has 4 nitrogen and oxygen atoms in total. The number of methoxy groups -OCH3 is 1. The maximum Gasteiger partial charge on any atom is 0.409 e. The third-order valence-corrected chi connectivity index (χ3v) is 4.59. The molecule has 1 saturated heterocycles. The number of hydrogen-bond acceptors (Lipinski definition) is 2. The van der Waals surface area contributed by atoms with E-state index in [1.54, 1.807) is 4.90 Å². The average Bonchev–Trinajstić information content (AvgIpc) is 2.83. The minimum atomic E-state index is -0.211. The summed E-state index contributed by atoms with van der Waals surface area (Å²) in [7, 11) is 1.44. The van der Waals surface area contributed by atoms with Crippen LogP contribution in [0.25, 0.3) is 10.9 Å². The molecule has 2 aromatic rings. The summed E-state index contributed by atoms with van der Waals surface area (Å²) < 4.78 is 4.79. The fourth-order valence-corrected chi connectivity index (χ4v) is 3.35. The summed E-state index contributed by atoms with van der Waals surface area (Å²) >= 11 is 0. The van der Waals surface area contributed by atoms with Crippen molar-refractivity contribution in [2.45, 2.75) is 32.6 Å². The lowest BCUT2D eigenvalue weighted by Gasteiger charge is -2.30. The van der Waals surface area contributed by atoms with Gasteiger partial charge in [0, 0.05) is 35.6 Å². The van der Waals surface area contributed by atoms with Crippen LogP contribution in [-0.2, 0) is 4.74 Å². The van der Waals surface area contributed by atoms with Crippen molar-refractivity contribution < 1.29 is 9.53 Å². The van der Waals surface area contributed by atoms with Crippen LogP contribution in [0.4, 0.5) is 4.79 Å². The van der Waals surface area contributed by atoms with Crippen molar-refractivity contribution in [3.63, 3.8) is 0 Å². The van der Waals surface area contributed by atoms with Gasteiger partial charge in [0.15, 0.2) is 0 Å². The van der Waals surface area contributed by atoms with Crippen LogP contribution < -0.4 is 0 Å². The molecule has 1 aromatic carbocycles. The van der Waals surface area contributed by atoms with Gasteiger partial charge in [-0.25, -0.2) is 4.79 Å². The van der Waals surface area contributed by atoms with Gasteiger partial charge < -0.3 is 14.6 Å². The third-order valence-electron chi connectivity index (χ3n) is 4.59. The molecule has 1 aliphatic heterocycles. The molecule has 0 aliphatic carbocycles. The number of aromatic amines is 1. The Labute approximate surface area is 125 Å². The fourth-order valence-electron chi connectivity index (χ4n) is 3.35. The quantitative estimate of drug-likeness (QED) is 0.868. The molecule has 21 heavy (non-hydrogen) atoms. The van der Waals surface area contributed by atoms with Crippen LogP contribution in [0.1, 0.15) is 35.6 Å². The van der Waals surface area contributed by atoms with Crippen molar-refractivity contribution in [3.05, 3.63) is 35.0 Å². The number of rotatable bonds is 1. The van der Waals surface area contributed by atoms with Crippen LogP contribution in [-0.4, -0.2) is 36.2 Å². The summed E-state index contributed by atoms with van der Waals surface area (Å²) in [5.41, 5.74) is 5.19. The Bertz CT molecular complexity index is 667. The van der Waals surface area contributed by atoms with Crippen molar-refractivity contribution in [3.8, 4) is 0 Å². The SMILES string of the molecule is COC(=O)N1CCC(c2[nH]c3ccc(C)cc3c2C)CC1. The zero-order valence-electron chi connectivity index (χ0n) is 12.9. The van der Waals surface area contributed by atoms with E-state index in [2.05, 4.69) is 37.0 Å². The van der Waals surface area contributed by atoms with Crippen molar-refractivity contribution in [2.24, 2.45) is 0 Å². The van der Waals surface area contributed by atoms with Crippen LogP contribution in [0.5, 0.6) is 0 Å². The molecule has 1 aromatic heterocycles. The maximum absolute atomic E-state index is 11.6. The molecule has 1 amide bonds. The first-order valence-corrected chi connectivity index (χ1v) is 7.52. The Morgan fingerprint density at radius 2 is 2.00 bits per heavy atom. The molecular formula is C17H22N2O2. The molecule has 0 spiro atoms. The van der Waals surface area contributed by atoms with Gasteiger partial charge in [-0.05, 0) is 44.4 Å². The number of likely N-dealkylation sites (tertiary alicyclic amines) is 1. The minimum absolute atomic E-state index is 0.211. The second-order valence-corrected chi connectivity index (χ2v) is 5.94. The predicted octanol–water partition coefficient (Wildman–Crippen LogP) is 3.73. The summed E-state index contributed by atoms with van der Waals surface area (Å²) in [5, 5.41) is 1.32. The summed E-state index contributed by atoms with van der Waals surface area (Å²) in [6.45, 7) is 5.86. The van der Waals surface area contributed by atoms with E-state index in [0.29, 0.717) is 5.92 Å². The van der Waals surface area contributed by atoms with Crippen molar-refractivity contribution in [2.75, 3.05) is 20.2 Å². The van der Waals surface area contributed by atoms with Crippen molar-refractivity contribution in [1.29, 1.82) is 0 Å². The van der Waals surface area contributed by atoms with E-state index in [-0.39, 0.29) is 6.09 Å². The molecule has 2 heterocycles. The van der Waals surface area contributed by atoms with Crippen LogP contribution in [0.3, 0.4) is 0 Å². The molecule has 0 unspecified atom stereocenters. The summed E-state index contributed by atoms with van der Waals surface area (Å²) in [4.78, 5) is 16.9. The van der Waals surface area contributed by atoms with Crippen LogP contribution >= 0.6 is 0 Å². The summed E-state index contributed by atoms with van der Waals surface area (Å²) in [5.74, 6) is 0.499. The van der Waals surface area contributed by atoms with Gasteiger partial charge in [0.25, 0.3) is 0 Å². The Balaban J connectivity index is 1.82. The van der Waals surface area contributed by atoms with Gasteiger partial charge in [-0.2, -0.15) is 0 Å². The zero-order chi connectivity index (χ0) is 15.0. The molecule has 0 bridgehead atoms. The van der Waals surface area contributed by atoms with Gasteiger partial charge in [0.2, 0.25) is 0 Å². The van der Waals surface area contributed by atoms with Gasteiger partial charge >= 0.3 is 6.09 Å². The highest BCUT2D eigenvalue weighted by Gasteiger charge is 2.26. The van der Waals surface area contributed by atoms with Gasteiger partial charge in [0.1, 0.15) is 0 Å². The first-order valence-electron chi connectivity index (χ1n) is 7.52. The Hall–Kier alpha value is -1.97. The lowest BCUT2D eigenvalue weighted by atomic mass is 9.91. The van der Waals surface area contributed by atoms with E-state index in [0.717, 1.165) is 25.9 Å². The zero-order valence-corrected chi connectivity index (χ0v) is 12.9. The first kappa shape index (κ1) is 14.0. The number of amides is 1. The normalized spacial score (nSPS) is 16.4. The number of carbonyl (C=O) groups excluding carboxylic acids is 1. The van der Waals surface area contributed by atoms with Gasteiger partial charge in [-0.3, -0.25) is 0 Å². The Morgan fingerprint density at radius 1 is 1.29 bits per heavy atom. The average molecular weight is 286 g/mol. The predicted molar refractivity (Wildman–Crippen MR) is 83.7 cm³/mol. The largest absolute Gasteiger partial charge is 0.453 e. The number of carbonyl (C=O) groups is 1. The van der Waals surface area contributed by atoms with Gasteiger partial charge in [-0.15, -0.1) is 0 Å². The fraction of sp³-hybridized carbons (Fsp3) is 0.471. The number of fused-ring (bicyclic) bond motifs is 1. The highest BCUT2D eigenvalue weighted by molar-refractivity contribution is 5.85. The van der Waals surface area contributed by atoms with Crippen molar-refractivity contribution >= 4 is 17.0 Å². The number of nitrogens with one attached hydrogen (secondary N) is 1. The smallest absolute Gasteiger partial charge is 0.409 e. The Kier molecular flexibility index (Phi) is 3.62. The van der Waals surface area contributed by atoms with E-state index >= 15 is 0 Å². The number of ether oxygens (including phenoxy) is 1. The molecule has 1 fully saturated rings. The third kappa shape index (κ3) is 2.50. The molecule has 112 valence electrons. The maximum atomic E-state index is 11.6. The Morgan fingerprint density at radius 3 is 2.67 bits per heavy atom. The molecule has 0 radical (unpaired) electrons. The second-order valence-electron chi connectivity index (χ2n) is 5.94. The first-order chi connectivity index (χ1) is 10.1. The van der Waals surface area contributed by atoms with Crippen LogP contribution in [0.15, 0.2) is 18.2 Å². The number of aryl methyl sites for hydroxylation is 2. The van der Waals surface area contributed by atoms with E-state index in [1.807, 2.05) is 0 Å². The van der Waals surface area contributed by atoms with Gasteiger partial charge in [-0.1, -0.05) is 11.6 Å². The monoisotopic (exact) mass is 286 g/mol. The number of nitrogens with zero attached hydrogens (tertiary/aromatic N) is 1. The van der Waals surface area contributed by atoms with E-state index in [4.69, 9.17) is 4.74 Å². The molecule has 0 atom stereocenters. The standard InChI is InChI=1S/C17H22N2O2/c1-11-4-5-15-14(10-11)12(2)16(18-15)13-6-8-19(9-7-13)17(20)21-3/h4-5,10,13,18H,6-9H2,1-3H3. The van der Waals surface area contributed by atoms with Crippen molar-refractivity contribution in [1.82, 2.24) is 9.88 Å². The highest BCUT2D eigenvalue weighted by atomic mass is 16.5. The van der Waals surface area contributed by atoms with Crippen LogP contribution in [0.2, 0.25) is 0 Å². The molecular weight excluding hydrogens is 264 g/mol. The number of H-pyrrole nitrogens is 1. The molecule has 1 aliphatic rings.